The summed E-state index contributed by atoms with van der Waals surface area (Å²) in [4.78, 5) is 19.0. The van der Waals surface area contributed by atoms with Crippen LogP contribution in [0.5, 0.6) is 0 Å². The Labute approximate surface area is 151 Å². The largest absolute Gasteiger partial charge is 0.450 e. The molecule has 0 spiro atoms. The number of hydrogen-bond donors (Lipinski definition) is 2. The molecule has 0 bridgehead atoms. The van der Waals surface area contributed by atoms with Crippen molar-refractivity contribution in [1.29, 1.82) is 0 Å². The first-order valence-corrected chi connectivity index (χ1v) is 9.01. The van der Waals surface area contributed by atoms with Crippen LogP contribution in [0.4, 0.5) is 18.0 Å². The molecule has 2 aliphatic rings. The Hall–Kier alpha value is -1.71. The van der Waals surface area contributed by atoms with Crippen molar-refractivity contribution in [1.82, 2.24) is 20.4 Å². The summed E-state index contributed by atoms with van der Waals surface area (Å²) >= 11 is 0. The number of amides is 1. The van der Waals surface area contributed by atoms with Crippen molar-refractivity contribution >= 4 is 12.1 Å². The summed E-state index contributed by atoms with van der Waals surface area (Å²) < 4.78 is 42.4. The second kappa shape index (κ2) is 9.29. The van der Waals surface area contributed by atoms with E-state index in [0.29, 0.717) is 45.2 Å². The number of piperidine rings is 1. The Morgan fingerprint density at radius 2 is 1.77 bits per heavy atom. The number of aliphatic imine (C=N–C) groups is 1. The first-order chi connectivity index (χ1) is 12.3. The molecule has 0 aromatic heterocycles. The fourth-order valence-electron chi connectivity index (χ4n) is 3.33. The topological polar surface area (TPSA) is 69.2 Å². The number of likely N-dealkylation sites (tertiary alicyclic amines) is 2. The van der Waals surface area contributed by atoms with Crippen LogP contribution in [0.3, 0.4) is 0 Å². The SMILES string of the molecule is CCOC(=O)N1CCC(NC(=NC)NC2CCN(CC(F)(F)F)C2)CC1. The zero-order valence-electron chi connectivity index (χ0n) is 15.3. The molecule has 0 aromatic rings. The molecule has 2 rings (SSSR count). The second-order valence-electron chi connectivity index (χ2n) is 6.66. The van der Waals surface area contributed by atoms with E-state index >= 15 is 0 Å². The summed E-state index contributed by atoms with van der Waals surface area (Å²) in [6.45, 7) is 3.25. The molecule has 10 heteroatoms. The van der Waals surface area contributed by atoms with Crippen LogP contribution in [0.2, 0.25) is 0 Å². The maximum Gasteiger partial charge on any atom is 0.409 e. The van der Waals surface area contributed by atoms with Gasteiger partial charge in [-0.3, -0.25) is 9.89 Å². The zero-order chi connectivity index (χ0) is 19.2. The van der Waals surface area contributed by atoms with E-state index in [0.717, 1.165) is 12.8 Å². The number of ether oxygens (including phenoxy) is 1. The molecule has 0 aliphatic carbocycles. The summed E-state index contributed by atoms with van der Waals surface area (Å²) in [7, 11) is 1.64. The highest BCUT2D eigenvalue weighted by Crippen LogP contribution is 2.20. The number of rotatable bonds is 4. The fraction of sp³-hybridized carbons (Fsp3) is 0.875. The predicted molar refractivity (Wildman–Crippen MR) is 92.1 cm³/mol. The van der Waals surface area contributed by atoms with Gasteiger partial charge in [0.15, 0.2) is 5.96 Å². The summed E-state index contributed by atoms with van der Waals surface area (Å²) in [6.07, 6.45) is -2.27. The number of guanidine groups is 1. The van der Waals surface area contributed by atoms with Crippen LogP contribution in [0.15, 0.2) is 4.99 Å². The van der Waals surface area contributed by atoms with Gasteiger partial charge in [0, 0.05) is 45.3 Å². The molecule has 2 saturated heterocycles. The van der Waals surface area contributed by atoms with Crippen molar-refractivity contribution in [3.8, 4) is 0 Å². The Balaban J connectivity index is 1.73. The van der Waals surface area contributed by atoms with Crippen molar-refractivity contribution in [3.63, 3.8) is 0 Å². The van der Waals surface area contributed by atoms with Gasteiger partial charge in [-0.15, -0.1) is 0 Å². The lowest BCUT2D eigenvalue weighted by Crippen LogP contribution is -2.52. The van der Waals surface area contributed by atoms with Crippen LogP contribution in [0.25, 0.3) is 0 Å². The molecular formula is C16H28F3N5O2. The third-order valence-electron chi connectivity index (χ3n) is 4.60. The minimum absolute atomic E-state index is 0.0526. The van der Waals surface area contributed by atoms with Crippen LogP contribution in [0, 0.1) is 0 Å². The van der Waals surface area contributed by atoms with E-state index in [1.165, 1.54) is 4.90 Å². The van der Waals surface area contributed by atoms with Crippen LogP contribution in [-0.2, 0) is 4.74 Å². The van der Waals surface area contributed by atoms with E-state index in [4.69, 9.17) is 4.74 Å². The highest BCUT2D eigenvalue weighted by molar-refractivity contribution is 5.80. The molecule has 0 radical (unpaired) electrons. The van der Waals surface area contributed by atoms with Crippen molar-refractivity contribution in [3.05, 3.63) is 0 Å². The van der Waals surface area contributed by atoms with Crippen LogP contribution < -0.4 is 10.6 Å². The second-order valence-corrected chi connectivity index (χ2v) is 6.66. The Morgan fingerprint density at radius 1 is 1.15 bits per heavy atom. The van der Waals surface area contributed by atoms with Gasteiger partial charge >= 0.3 is 12.3 Å². The van der Waals surface area contributed by atoms with Crippen LogP contribution >= 0.6 is 0 Å². The van der Waals surface area contributed by atoms with Gasteiger partial charge in [0.25, 0.3) is 0 Å². The average molecular weight is 379 g/mol. The summed E-state index contributed by atoms with van der Waals surface area (Å²) in [5.41, 5.74) is 0. The molecule has 0 saturated carbocycles. The van der Waals surface area contributed by atoms with Gasteiger partial charge in [0.1, 0.15) is 0 Å². The first-order valence-electron chi connectivity index (χ1n) is 9.01. The highest BCUT2D eigenvalue weighted by atomic mass is 19.4. The van der Waals surface area contributed by atoms with E-state index < -0.39 is 12.7 Å². The summed E-state index contributed by atoms with van der Waals surface area (Å²) in [5, 5.41) is 6.51. The van der Waals surface area contributed by atoms with E-state index in [1.807, 2.05) is 0 Å². The van der Waals surface area contributed by atoms with Gasteiger partial charge < -0.3 is 20.3 Å². The number of halogens is 3. The van der Waals surface area contributed by atoms with Crippen molar-refractivity contribution in [2.45, 2.75) is 44.4 Å². The van der Waals surface area contributed by atoms with Crippen LogP contribution in [0.1, 0.15) is 26.2 Å². The quantitative estimate of drug-likeness (QED) is 0.571. The standard InChI is InChI=1S/C16H28F3N5O2/c1-3-26-15(25)24-8-5-12(6-9-24)21-14(20-2)22-13-4-7-23(10-13)11-16(17,18)19/h12-13H,3-11H2,1-2H3,(H2,20,21,22). The molecular weight excluding hydrogens is 351 g/mol. The third kappa shape index (κ3) is 6.54. The van der Waals surface area contributed by atoms with E-state index in [-0.39, 0.29) is 18.2 Å². The van der Waals surface area contributed by atoms with Gasteiger partial charge in [-0.1, -0.05) is 0 Å². The molecule has 2 heterocycles. The minimum Gasteiger partial charge on any atom is -0.450 e. The number of alkyl halides is 3. The zero-order valence-corrected chi connectivity index (χ0v) is 15.3. The third-order valence-corrected chi connectivity index (χ3v) is 4.60. The molecule has 2 fully saturated rings. The normalized spacial score (nSPS) is 23.2. The Kier molecular flexibility index (Phi) is 7.36. The Bertz CT molecular complexity index is 493. The molecule has 7 nitrogen and oxygen atoms in total. The number of carbonyl (C=O) groups is 1. The van der Waals surface area contributed by atoms with Crippen molar-refractivity contribution in [2.24, 2.45) is 4.99 Å². The molecule has 1 amide bonds. The molecule has 0 aromatic carbocycles. The molecule has 1 atom stereocenters. The number of hydrogen-bond acceptors (Lipinski definition) is 4. The minimum atomic E-state index is -4.16. The van der Waals surface area contributed by atoms with Crippen molar-refractivity contribution in [2.75, 3.05) is 46.4 Å². The number of nitrogens with zero attached hydrogens (tertiary/aromatic N) is 3. The van der Waals surface area contributed by atoms with E-state index in [2.05, 4.69) is 15.6 Å². The maximum atomic E-state index is 12.5. The maximum absolute atomic E-state index is 12.5. The average Bonchev–Trinajstić information content (AvgIpc) is 3.00. The molecule has 2 aliphatic heterocycles. The van der Waals surface area contributed by atoms with Crippen molar-refractivity contribution < 1.29 is 22.7 Å². The van der Waals surface area contributed by atoms with Gasteiger partial charge in [0.2, 0.25) is 0 Å². The first kappa shape index (κ1) is 20.6. The van der Waals surface area contributed by atoms with E-state index in [1.54, 1.807) is 18.9 Å². The van der Waals surface area contributed by atoms with Gasteiger partial charge in [-0.05, 0) is 26.2 Å². The number of nitrogens with one attached hydrogen (secondary N) is 2. The highest BCUT2D eigenvalue weighted by Gasteiger charge is 2.34. The molecule has 26 heavy (non-hydrogen) atoms. The molecule has 2 N–H and O–H groups in total. The Morgan fingerprint density at radius 3 is 2.35 bits per heavy atom. The van der Waals surface area contributed by atoms with Crippen LogP contribution in [-0.4, -0.2) is 86.5 Å². The summed E-state index contributed by atoms with van der Waals surface area (Å²) in [5.74, 6) is 0.596. The smallest absolute Gasteiger partial charge is 0.409 e. The van der Waals surface area contributed by atoms with Gasteiger partial charge in [-0.25, -0.2) is 4.79 Å². The van der Waals surface area contributed by atoms with Gasteiger partial charge in [0.05, 0.1) is 13.2 Å². The number of carbonyl (C=O) groups excluding carboxylic acids is 1. The molecule has 150 valence electrons. The van der Waals surface area contributed by atoms with E-state index in [9.17, 15) is 18.0 Å². The summed E-state index contributed by atoms with van der Waals surface area (Å²) in [6, 6.07) is 0.114. The lowest BCUT2D eigenvalue weighted by Gasteiger charge is -2.32. The fourth-order valence-corrected chi connectivity index (χ4v) is 3.33. The van der Waals surface area contributed by atoms with Gasteiger partial charge in [-0.2, -0.15) is 13.2 Å². The molecule has 1 unspecified atom stereocenters. The lowest BCUT2D eigenvalue weighted by atomic mass is 10.1. The monoisotopic (exact) mass is 379 g/mol. The predicted octanol–water partition coefficient (Wildman–Crippen LogP) is 1.41. The lowest BCUT2D eigenvalue weighted by molar-refractivity contribution is -0.143.